The van der Waals surface area contributed by atoms with Gasteiger partial charge in [0.2, 0.25) is 5.91 Å². The zero-order valence-electron chi connectivity index (χ0n) is 21.4. The summed E-state index contributed by atoms with van der Waals surface area (Å²) in [7, 11) is 1.63. The molecule has 0 fully saturated rings. The van der Waals surface area contributed by atoms with E-state index in [-0.39, 0.29) is 5.91 Å². The molecule has 1 aromatic heterocycles. The van der Waals surface area contributed by atoms with Gasteiger partial charge in [-0.1, -0.05) is 30.3 Å². The van der Waals surface area contributed by atoms with Crippen LogP contribution in [-0.2, 0) is 24.2 Å². The smallest absolute Gasteiger partial charge is 0.224 e. The van der Waals surface area contributed by atoms with E-state index in [0.717, 1.165) is 53.3 Å². The molecule has 0 bridgehead atoms. The minimum absolute atomic E-state index is 0.00585. The SMILES string of the molecule is COc1ccc(CC(=O)NCCc2nc3ccccc3n2CCCCOc2ccc(C)c(C)c2)cc1. The fourth-order valence-corrected chi connectivity index (χ4v) is 4.24. The van der Waals surface area contributed by atoms with Gasteiger partial charge in [-0.05, 0) is 79.8 Å². The number of carbonyl (C=O) groups is 1. The number of fused-ring (bicyclic) bond motifs is 1. The molecular formula is C30H35N3O3. The third-order valence-corrected chi connectivity index (χ3v) is 6.45. The van der Waals surface area contributed by atoms with E-state index in [1.54, 1.807) is 7.11 Å². The number of rotatable bonds is 12. The summed E-state index contributed by atoms with van der Waals surface area (Å²) in [5.41, 5.74) is 5.61. The third kappa shape index (κ3) is 6.66. The van der Waals surface area contributed by atoms with Crippen LogP contribution in [0.15, 0.2) is 66.7 Å². The van der Waals surface area contributed by atoms with E-state index in [2.05, 4.69) is 41.9 Å². The van der Waals surface area contributed by atoms with E-state index in [4.69, 9.17) is 14.5 Å². The molecule has 36 heavy (non-hydrogen) atoms. The van der Waals surface area contributed by atoms with Crippen LogP contribution in [0.4, 0.5) is 0 Å². The number of ether oxygens (including phenoxy) is 2. The van der Waals surface area contributed by atoms with E-state index in [1.807, 2.05) is 48.5 Å². The Morgan fingerprint density at radius 1 is 0.944 bits per heavy atom. The fraction of sp³-hybridized carbons (Fsp3) is 0.333. The first-order valence-electron chi connectivity index (χ1n) is 12.6. The van der Waals surface area contributed by atoms with Crippen LogP contribution in [0.25, 0.3) is 11.0 Å². The molecule has 0 unspecified atom stereocenters. The van der Waals surface area contributed by atoms with Crippen LogP contribution in [0, 0.1) is 13.8 Å². The maximum atomic E-state index is 12.4. The first-order chi connectivity index (χ1) is 17.5. The van der Waals surface area contributed by atoms with Crippen LogP contribution >= 0.6 is 0 Å². The van der Waals surface area contributed by atoms with Crippen molar-refractivity contribution in [2.24, 2.45) is 0 Å². The van der Waals surface area contributed by atoms with Crippen molar-refractivity contribution in [2.45, 2.75) is 46.1 Å². The number of para-hydroxylation sites is 2. The molecule has 0 aliphatic rings. The molecule has 0 saturated heterocycles. The lowest BCUT2D eigenvalue weighted by Gasteiger charge is -2.11. The zero-order valence-corrected chi connectivity index (χ0v) is 21.4. The van der Waals surface area contributed by atoms with Crippen LogP contribution in [0.3, 0.4) is 0 Å². The lowest BCUT2D eigenvalue weighted by atomic mass is 10.1. The van der Waals surface area contributed by atoms with Gasteiger partial charge in [-0.3, -0.25) is 4.79 Å². The maximum absolute atomic E-state index is 12.4. The Bertz CT molecular complexity index is 1290. The number of aryl methyl sites for hydroxylation is 3. The number of methoxy groups -OCH3 is 1. The average Bonchev–Trinajstić information content (AvgIpc) is 3.23. The highest BCUT2D eigenvalue weighted by Gasteiger charge is 2.11. The Morgan fingerprint density at radius 2 is 1.72 bits per heavy atom. The zero-order chi connectivity index (χ0) is 25.3. The number of carbonyl (C=O) groups excluding carboxylic acids is 1. The second-order valence-corrected chi connectivity index (χ2v) is 9.09. The van der Waals surface area contributed by atoms with Gasteiger partial charge in [-0.15, -0.1) is 0 Å². The summed E-state index contributed by atoms with van der Waals surface area (Å²) in [6.07, 6.45) is 2.97. The van der Waals surface area contributed by atoms with Gasteiger partial charge in [0.25, 0.3) is 0 Å². The van der Waals surface area contributed by atoms with Gasteiger partial charge in [0.05, 0.1) is 31.2 Å². The van der Waals surface area contributed by atoms with Crippen molar-refractivity contribution in [1.82, 2.24) is 14.9 Å². The molecule has 1 amide bonds. The number of nitrogens with zero attached hydrogens (tertiary/aromatic N) is 2. The number of nitrogens with one attached hydrogen (secondary N) is 1. The van der Waals surface area contributed by atoms with Crippen molar-refractivity contribution in [3.63, 3.8) is 0 Å². The normalized spacial score (nSPS) is 11.0. The molecule has 0 radical (unpaired) electrons. The number of unbranched alkanes of at least 4 members (excludes halogenated alkanes) is 1. The summed E-state index contributed by atoms with van der Waals surface area (Å²) in [6.45, 7) is 6.32. The minimum Gasteiger partial charge on any atom is -0.497 e. The number of amides is 1. The summed E-state index contributed by atoms with van der Waals surface area (Å²) in [6, 6.07) is 22.0. The van der Waals surface area contributed by atoms with Gasteiger partial charge in [-0.25, -0.2) is 4.98 Å². The molecule has 0 saturated carbocycles. The second-order valence-electron chi connectivity index (χ2n) is 9.09. The van der Waals surface area contributed by atoms with Crippen molar-refractivity contribution in [2.75, 3.05) is 20.3 Å². The molecule has 0 aliphatic heterocycles. The summed E-state index contributed by atoms with van der Waals surface area (Å²) in [4.78, 5) is 17.3. The topological polar surface area (TPSA) is 65.4 Å². The van der Waals surface area contributed by atoms with Crippen molar-refractivity contribution in [3.05, 3.63) is 89.2 Å². The average molecular weight is 486 g/mol. The molecule has 6 nitrogen and oxygen atoms in total. The highest BCUT2D eigenvalue weighted by Crippen LogP contribution is 2.19. The lowest BCUT2D eigenvalue weighted by Crippen LogP contribution is -2.28. The maximum Gasteiger partial charge on any atom is 0.224 e. The standard InChI is InChI=1S/C30H35N3O3/c1-22-10-13-26(20-23(22)2)36-19-7-6-18-33-28-9-5-4-8-27(28)32-29(33)16-17-31-30(34)21-24-11-14-25(35-3)15-12-24/h4-5,8-15,20H,6-7,16-19,21H2,1-3H3,(H,31,34). The van der Waals surface area contributed by atoms with Gasteiger partial charge in [0.15, 0.2) is 0 Å². The summed E-state index contributed by atoms with van der Waals surface area (Å²) in [5.74, 6) is 2.72. The minimum atomic E-state index is 0.00585. The Balaban J connectivity index is 1.28. The predicted octanol–water partition coefficient (Wildman–Crippen LogP) is 5.42. The van der Waals surface area contributed by atoms with Gasteiger partial charge < -0.3 is 19.4 Å². The number of hydrogen-bond acceptors (Lipinski definition) is 4. The molecule has 4 rings (SSSR count). The number of benzene rings is 3. The first-order valence-corrected chi connectivity index (χ1v) is 12.6. The molecule has 4 aromatic rings. The van der Waals surface area contributed by atoms with Gasteiger partial charge in [0, 0.05) is 19.5 Å². The molecule has 1 N–H and O–H groups in total. The van der Waals surface area contributed by atoms with Crippen LogP contribution < -0.4 is 14.8 Å². The van der Waals surface area contributed by atoms with Crippen LogP contribution in [0.2, 0.25) is 0 Å². The number of hydrogen-bond donors (Lipinski definition) is 1. The summed E-state index contributed by atoms with van der Waals surface area (Å²) in [5, 5.41) is 3.04. The first kappa shape index (κ1) is 25.3. The summed E-state index contributed by atoms with van der Waals surface area (Å²) >= 11 is 0. The van der Waals surface area contributed by atoms with Gasteiger partial charge >= 0.3 is 0 Å². The van der Waals surface area contributed by atoms with Crippen molar-refractivity contribution in [3.8, 4) is 11.5 Å². The fourth-order valence-electron chi connectivity index (χ4n) is 4.24. The van der Waals surface area contributed by atoms with Gasteiger partial charge in [-0.2, -0.15) is 0 Å². The highest BCUT2D eigenvalue weighted by molar-refractivity contribution is 5.78. The Morgan fingerprint density at radius 3 is 2.50 bits per heavy atom. The van der Waals surface area contributed by atoms with Gasteiger partial charge in [0.1, 0.15) is 17.3 Å². The monoisotopic (exact) mass is 485 g/mol. The van der Waals surface area contributed by atoms with E-state index in [1.165, 1.54) is 11.1 Å². The predicted molar refractivity (Wildman–Crippen MR) is 144 cm³/mol. The van der Waals surface area contributed by atoms with E-state index in [0.29, 0.717) is 26.0 Å². The largest absolute Gasteiger partial charge is 0.497 e. The molecule has 6 heteroatoms. The number of aromatic nitrogens is 2. The second kappa shape index (κ2) is 12.2. The molecule has 0 spiro atoms. The molecule has 0 aliphatic carbocycles. The van der Waals surface area contributed by atoms with E-state index >= 15 is 0 Å². The van der Waals surface area contributed by atoms with Crippen molar-refractivity contribution >= 4 is 16.9 Å². The van der Waals surface area contributed by atoms with E-state index in [9.17, 15) is 4.79 Å². The molecule has 188 valence electrons. The van der Waals surface area contributed by atoms with E-state index < -0.39 is 0 Å². The quantitative estimate of drug-likeness (QED) is 0.272. The van der Waals surface area contributed by atoms with Crippen molar-refractivity contribution in [1.29, 1.82) is 0 Å². The summed E-state index contributed by atoms with van der Waals surface area (Å²) < 4.78 is 13.4. The molecular weight excluding hydrogens is 450 g/mol. The Labute approximate surface area is 213 Å². The van der Waals surface area contributed by atoms with Crippen LogP contribution in [0.1, 0.15) is 35.4 Å². The number of imidazole rings is 1. The Kier molecular flexibility index (Phi) is 8.61. The molecule has 1 heterocycles. The van der Waals surface area contributed by atoms with Crippen molar-refractivity contribution < 1.29 is 14.3 Å². The molecule has 0 atom stereocenters. The molecule has 3 aromatic carbocycles. The van der Waals surface area contributed by atoms with Crippen LogP contribution in [-0.4, -0.2) is 35.7 Å². The lowest BCUT2D eigenvalue weighted by molar-refractivity contribution is -0.120. The third-order valence-electron chi connectivity index (χ3n) is 6.45. The Hall–Kier alpha value is -3.80. The van der Waals surface area contributed by atoms with Crippen LogP contribution in [0.5, 0.6) is 11.5 Å². The highest BCUT2D eigenvalue weighted by atomic mass is 16.5.